The van der Waals surface area contributed by atoms with Gasteiger partial charge in [-0.25, -0.2) is 0 Å². The van der Waals surface area contributed by atoms with E-state index in [1.165, 1.54) is 38.7 Å². The third kappa shape index (κ3) is 1.84. The SMILES string of the molecule is C1=CC2=C(CC1)c1ccccc1N1c3ccccc3-c3ccccc3P21. The van der Waals surface area contributed by atoms with E-state index in [1.54, 1.807) is 5.57 Å². The quantitative estimate of drug-likeness (QED) is 0.412. The fourth-order valence-corrected chi connectivity index (χ4v) is 7.35. The van der Waals surface area contributed by atoms with Gasteiger partial charge in [-0.15, -0.1) is 0 Å². The van der Waals surface area contributed by atoms with E-state index in [2.05, 4.69) is 89.6 Å². The summed E-state index contributed by atoms with van der Waals surface area (Å²) in [6.45, 7) is 0. The van der Waals surface area contributed by atoms with Crippen molar-refractivity contribution in [2.75, 3.05) is 4.67 Å². The van der Waals surface area contributed by atoms with Crippen LogP contribution in [0.5, 0.6) is 0 Å². The largest absolute Gasteiger partial charge is 0.310 e. The van der Waals surface area contributed by atoms with Crippen molar-refractivity contribution in [3.63, 3.8) is 0 Å². The van der Waals surface area contributed by atoms with E-state index in [9.17, 15) is 0 Å². The second-order valence-corrected chi connectivity index (χ2v) is 8.97. The Morgan fingerprint density at radius 1 is 0.692 bits per heavy atom. The van der Waals surface area contributed by atoms with Crippen LogP contribution in [-0.2, 0) is 0 Å². The molecule has 26 heavy (non-hydrogen) atoms. The van der Waals surface area contributed by atoms with Gasteiger partial charge in [0, 0.05) is 21.7 Å². The molecule has 2 aliphatic heterocycles. The first-order valence-electron chi connectivity index (χ1n) is 9.21. The zero-order chi connectivity index (χ0) is 17.1. The molecule has 0 aromatic heterocycles. The van der Waals surface area contributed by atoms with Crippen LogP contribution in [0.3, 0.4) is 0 Å². The number of anilines is 2. The Labute approximate surface area is 155 Å². The van der Waals surface area contributed by atoms with E-state index in [4.69, 9.17) is 0 Å². The zero-order valence-corrected chi connectivity index (χ0v) is 15.3. The van der Waals surface area contributed by atoms with Crippen molar-refractivity contribution in [3.05, 3.63) is 95.8 Å². The van der Waals surface area contributed by atoms with Gasteiger partial charge in [0.1, 0.15) is 0 Å². The normalized spacial score (nSPS) is 19.2. The molecule has 0 saturated heterocycles. The van der Waals surface area contributed by atoms with Crippen LogP contribution in [0, 0.1) is 0 Å². The molecule has 0 spiro atoms. The van der Waals surface area contributed by atoms with Crippen LogP contribution < -0.4 is 9.97 Å². The number of rotatable bonds is 0. The van der Waals surface area contributed by atoms with E-state index in [-0.39, 0.29) is 0 Å². The highest BCUT2D eigenvalue weighted by Gasteiger charge is 2.39. The maximum atomic E-state index is 2.62. The molecule has 2 heteroatoms. The van der Waals surface area contributed by atoms with Crippen molar-refractivity contribution in [2.45, 2.75) is 12.8 Å². The van der Waals surface area contributed by atoms with Gasteiger partial charge in [-0.3, -0.25) is 0 Å². The van der Waals surface area contributed by atoms with Gasteiger partial charge in [0.2, 0.25) is 0 Å². The summed E-state index contributed by atoms with van der Waals surface area (Å²) in [7, 11) is -0.567. The van der Waals surface area contributed by atoms with Gasteiger partial charge < -0.3 is 4.67 Å². The van der Waals surface area contributed by atoms with E-state index in [0.717, 1.165) is 12.8 Å². The van der Waals surface area contributed by atoms with Crippen molar-refractivity contribution in [3.8, 4) is 11.1 Å². The Balaban J connectivity index is 1.75. The van der Waals surface area contributed by atoms with Crippen molar-refractivity contribution in [1.82, 2.24) is 0 Å². The minimum Gasteiger partial charge on any atom is -0.310 e. The Hall–Kier alpha value is -2.63. The molecule has 3 aliphatic rings. The van der Waals surface area contributed by atoms with Crippen molar-refractivity contribution in [2.24, 2.45) is 0 Å². The summed E-state index contributed by atoms with van der Waals surface area (Å²) in [6.07, 6.45) is 7.06. The molecule has 0 bridgehead atoms. The summed E-state index contributed by atoms with van der Waals surface area (Å²) in [5.41, 5.74) is 8.43. The van der Waals surface area contributed by atoms with Gasteiger partial charge in [-0.1, -0.05) is 72.8 Å². The fourth-order valence-electron chi connectivity index (χ4n) is 4.50. The number of allylic oxidation sites excluding steroid dienone is 4. The lowest BCUT2D eigenvalue weighted by atomic mass is 9.94. The van der Waals surface area contributed by atoms with Crippen LogP contribution in [-0.4, -0.2) is 0 Å². The molecule has 0 fully saturated rings. The van der Waals surface area contributed by atoms with Crippen molar-refractivity contribution >= 4 is 30.3 Å². The Bertz CT molecular complexity index is 1110. The predicted molar refractivity (Wildman–Crippen MR) is 112 cm³/mol. The second kappa shape index (κ2) is 5.43. The molecule has 3 aromatic rings. The molecule has 0 N–H and O–H groups in total. The lowest BCUT2D eigenvalue weighted by Crippen LogP contribution is -2.28. The molecule has 0 saturated carbocycles. The molecule has 0 radical (unpaired) electrons. The second-order valence-electron chi connectivity index (χ2n) is 6.98. The molecule has 1 nitrogen and oxygen atoms in total. The third-order valence-electron chi connectivity index (χ3n) is 5.59. The molecule has 1 aliphatic carbocycles. The maximum absolute atomic E-state index is 2.62. The number of benzene rings is 3. The summed E-state index contributed by atoms with van der Waals surface area (Å²) in [5.74, 6) is 0. The van der Waals surface area contributed by atoms with Crippen molar-refractivity contribution in [1.29, 1.82) is 0 Å². The van der Waals surface area contributed by atoms with Gasteiger partial charge in [0.05, 0.1) is 19.4 Å². The topological polar surface area (TPSA) is 3.24 Å². The predicted octanol–water partition coefficient (Wildman–Crippen LogP) is 6.60. The van der Waals surface area contributed by atoms with E-state index in [0.29, 0.717) is 0 Å². The standard InChI is InChI=1S/C24H18NP/c1-5-13-21-17(9-1)19-11-3-7-15-23(19)26-24-16-8-4-12-20(24)18-10-2-6-14-22(18)25(21)26/h1-3,5-11,13-16H,4,12H2. The molecule has 1 unspecified atom stereocenters. The highest BCUT2D eigenvalue weighted by atomic mass is 31.1. The first kappa shape index (κ1) is 14.5. The van der Waals surface area contributed by atoms with Crippen LogP contribution in [0.4, 0.5) is 11.4 Å². The van der Waals surface area contributed by atoms with Crippen LogP contribution in [0.25, 0.3) is 16.7 Å². The van der Waals surface area contributed by atoms with E-state index in [1.807, 2.05) is 0 Å². The number of fused-ring (bicyclic) bond motifs is 10. The van der Waals surface area contributed by atoms with Crippen molar-refractivity contribution < 1.29 is 0 Å². The summed E-state index contributed by atoms with van der Waals surface area (Å²) in [5, 5.41) is 3.02. The maximum Gasteiger partial charge on any atom is 0.0608 e. The summed E-state index contributed by atoms with van der Waals surface area (Å²) >= 11 is 0. The third-order valence-corrected chi connectivity index (χ3v) is 8.14. The Morgan fingerprint density at radius 3 is 2.19 bits per heavy atom. The molecule has 3 aromatic carbocycles. The monoisotopic (exact) mass is 351 g/mol. The lowest BCUT2D eigenvalue weighted by molar-refractivity contribution is 1.05. The number of hydrogen-bond acceptors (Lipinski definition) is 1. The van der Waals surface area contributed by atoms with Gasteiger partial charge in [0.25, 0.3) is 0 Å². The molecule has 1 atom stereocenters. The van der Waals surface area contributed by atoms with E-state index >= 15 is 0 Å². The van der Waals surface area contributed by atoms with Crippen LogP contribution >= 0.6 is 8.07 Å². The molecular formula is C24H18NP. The van der Waals surface area contributed by atoms with Gasteiger partial charge in [-0.2, -0.15) is 0 Å². The minimum atomic E-state index is -0.567. The smallest absolute Gasteiger partial charge is 0.0608 e. The highest BCUT2D eigenvalue weighted by Crippen LogP contribution is 2.66. The summed E-state index contributed by atoms with van der Waals surface area (Å²) in [4.78, 5) is 0. The lowest BCUT2D eigenvalue weighted by Gasteiger charge is -2.45. The molecule has 2 heterocycles. The summed E-state index contributed by atoms with van der Waals surface area (Å²) in [6, 6.07) is 26.8. The van der Waals surface area contributed by atoms with Crippen LogP contribution in [0.15, 0.2) is 90.3 Å². The Kier molecular flexibility index (Phi) is 3.04. The first-order valence-corrected chi connectivity index (χ1v) is 10.5. The molecular weight excluding hydrogens is 333 g/mol. The first-order chi connectivity index (χ1) is 12.9. The highest BCUT2D eigenvalue weighted by molar-refractivity contribution is 7.72. The van der Waals surface area contributed by atoms with Crippen LogP contribution in [0.1, 0.15) is 18.4 Å². The Morgan fingerprint density at radius 2 is 1.35 bits per heavy atom. The number of nitrogens with zero attached hydrogens (tertiary/aromatic N) is 1. The van der Waals surface area contributed by atoms with Gasteiger partial charge in [0.15, 0.2) is 0 Å². The van der Waals surface area contributed by atoms with E-state index < -0.39 is 8.07 Å². The average Bonchev–Trinajstić information content (AvgIpc) is 2.73. The molecule has 6 rings (SSSR count). The number of hydrogen-bond donors (Lipinski definition) is 0. The van der Waals surface area contributed by atoms with Crippen LogP contribution in [0.2, 0.25) is 0 Å². The van der Waals surface area contributed by atoms with Gasteiger partial charge >= 0.3 is 0 Å². The molecule has 124 valence electrons. The minimum absolute atomic E-state index is 0.567. The number of para-hydroxylation sites is 2. The molecule has 0 amide bonds. The fraction of sp³-hybridized carbons (Fsp3) is 0.0833. The average molecular weight is 351 g/mol. The summed E-state index contributed by atoms with van der Waals surface area (Å²) < 4.78 is 2.62. The zero-order valence-electron chi connectivity index (χ0n) is 14.4. The van der Waals surface area contributed by atoms with Gasteiger partial charge in [-0.05, 0) is 36.1 Å².